The van der Waals surface area contributed by atoms with Crippen LogP contribution < -0.4 is 5.56 Å². The third-order valence-corrected chi connectivity index (χ3v) is 5.93. The highest BCUT2D eigenvalue weighted by molar-refractivity contribution is 5.91. The summed E-state index contributed by atoms with van der Waals surface area (Å²) in [5, 5.41) is 17.7. The summed E-state index contributed by atoms with van der Waals surface area (Å²) in [4.78, 5) is 13.4. The molecular formula is C27H29N5O. The smallest absolute Gasteiger partial charge is 0.267 e. The number of aromatic nitrogens is 4. The molecule has 0 saturated heterocycles. The number of unbranched alkanes of at least 4 members (excludes halogenated alkanes) is 7. The Labute approximate surface area is 194 Å². The van der Waals surface area contributed by atoms with Crippen LogP contribution in [0.1, 0.15) is 51.4 Å². The number of aryl methyl sites for hydroxylation is 1. The Balaban J connectivity index is 1.51. The van der Waals surface area contributed by atoms with Crippen LogP contribution in [0.15, 0.2) is 71.8 Å². The minimum absolute atomic E-state index is 0.0788. The second kappa shape index (κ2) is 11.2. The van der Waals surface area contributed by atoms with Crippen molar-refractivity contribution in [1.29, 1.82) is 5.26 Å². The average molecular weight is 440 g/mol. The number of nitrogens with zero attached hydrogens (tertiary/aromatic N) is 5. The van der Waals surface area contributed by atoms with Crippen LogP contribution in [0.5, 0.6) is 0 Å². The molecular weight excluding hydrogens is 410 g/mol. The number of benzene rings is 1. The minimum atomic E-state index is -0.0788. The zero-order chi connectivity index (χ0) is 22.9. The predicted molar refractivity (Wildman–Crippen MR) is 131 cm³/mol. The predicted octanol–water partition coefficient (Wildman–Crippen LogP) is 5.87. The van der Waals surface area contributed by atoms with Crippen LogP contribution in [0.4, 0.5) is 0 Å². The third kappa shape index (κ3) is 5.38. The van der Waals surface area contributed by atoms with E-state index in [4.69, 9.17) is 10.4 Å². The SMILES string of the molecule is N#CCCCCCCCCCn1nccc(-c2c(-c3ccccc3)nn3ccccc23)c1=O. The van der Waals surface area contributed by atoms with Crippen LogP contribution >= 0.6 is 0 Å². The van der Waals surface area contributed by atoms with E-state index in [9.17, 15) is 4.79 Å². The van der Waals surface area contributed by atoms with Gasteiger partial charge < -0.3 is 0 Å². The normalized spacial score (nSPS) is 11.0. The van der Waals surface area contributed by atoms with Crippen molar-refractivity contribution in [1.82, 2.24) is 19.4 Å². The van der Waals surface area contributed by atoms with Crippen molar-refractivity contribution in [2.45, 2.75) is 57.9 Å². The van der Waals surface area contributed by atoms with E-state index < -0.39 is 0 Å². The Hall–Kier alpha value is -3.72. The highest BCUT2D eigenvalue weighted by atomic mass is 16.1. The maximum absolute atomic E-state index is 13.4. The Bertz CT molecular complexity index is 1280. The van der Waals surface area contributed by atoms with Gasteiger partial charge in [0.05, 0.1) is 17.1 Å². The molecule has 168 valence electrons. The topological polar surface area (TPSA) is 76.0 Å². The van der Waals surface area contributed by atoms with Gasteiger partial charge in [-0.15, -0.1) is 0 Å². The number of rotatable bonds is 11. The van der Waals surface area contributed by atoms with E-state index >= 15 is 0 Å². The second-order valence-corrected chi connectivity index (χ2v) is 8.28. The summed E-state index contributed by atoms with van der Waals surface area (Å²) >= 11 is 0. The van der Waals surface area contributed by atoms with E-state index in [1.54, 1.807) is 16.9 Å². The molecule has 0 amide bonds. The molecule has 0 saturated carbocycles. The molecule has 3 aromatic heterocycles. The van der Waals surface area contributed by atoms with E-state index in [2.05, 4.69) is 11.2 Å². The molecule has 0 aliphatic rings. The number of nitriles is 1. The highest BCUT2D eigenvalue weighted by Gasteiger charge is 2.19. The van der Waals surface area contributed by atoms with Crippen molar-refractivity contribution in [2.24, 2.45) is 0 Å². The van der Waals surface area contributed by atoms with E-state index in [0.717, 1.165) is 54.4 Å². The van der Waals surface area contributed by atoms with E-state index in [-0.39, 0.29) is 5.56 Å². The molecule has 0 radical (unpaired) electrons. The maximum atomic E-state index is 13.4. The van der Waals surface area contributed by atoms with Gasteiger partial charge in [0.25, 0.3) is 5.56 Å². The Morgan fingerprint density at radius 3 is 2.36 bits per heavy atom. The van der Waals surface area contributed by atoms with Gasteiger partial charge in [-0.2, -0.15) is 15.5 Å². The molecule has 4 rings (SSSR count). The van der Waals surface area contributed by atoms with Crippen molar-refractivity contribution in [3.8, 4) is 28.5 Å². The van der Waals surface area contributed by atoms with E-state index in [1.807, 2.05) is 59.2 Å². The standard InChI is InChI=1S/C27H29N5O/c28-18-11-5-3-1-2-4-6-12-21-32-27(33)23(17-19-29-32)25-24-16-10-13-20-31(24)30-26(25)22-14-8-7-9-15-22/h7-10,13-17,19-20H,1-6,11-12,21H2. The summed E-state index contributed by atoms with van der Waals surface area (Å²) in [5.41, 5.74) is 4.08. The Kier molecular flexibility index (Phi) is 7.65. The lowest BCUT2D eigenvalue weighted by molar-refractivity contribution is 0.506. The van der Waals surface area contributed by atoms with Crippen LogP contribution in [-0.2, 0) is 6.54 Å². The maximum Gasteiger partial charge on any atom is 0.274 e. The van der Waals surface area contributed by atoms with Gasteiger partial charge in [-0.3, -0.25) is 4.79 Å². The molecule has 33 heavy (non-hydrogen) atoms. The number of fused-ring (bicyclic) bond motifs is 1. The molecule has 0 fully saturated rings. The number of hydrogen-bond donors (Lipinski definition) is 0. The molecule has 6 nitrogen and oxygen atoms in total. The van der Waals surface area contributed by atoms with Gasteiger partial charge in [0.1, 0.15) is 5.69 Å². The lowest BCUT2D eigenvalue weighted by atomic mass is 10.0. The lowest BCUT2D eigenvalue weighted by Crippen LogP contribution is -2.24. The van der Waals surface area contributed by atoms with Crippen molar-refractivity contribution < 1.29 is 0 Å². The molecule has 4 aromatic rings. The minimum Gasteiger partial charge on any atom is -0.267 e. The first-order chi connectivity index (χ1) is 16.3. The van der Waals surface area contributed by atoms with Crippen LogP contribution in [0, 0.1) is 11.3 Å². The van der Waals surface area contributed by atoms with Crippen LogP contribution in [-0.4, -0.2) is 19.4 Å². The van der Waals surface area contributed by atoms with Crippen molar-refractivity contribution >= 4 is 5.52 Å². The quantitative estimate of drug-likeness (QED) is 0.274. The molecule has 0 bridgehead atoms. The first-order valence-corrected chi connectivity index (χ1v) is 11.8. The monoisotopic (exact) mass is 439 g/mol. The fraction of sp³-hybridized carbons (Fsp3) is 0.333. The van der Waals surface area contributed by atoms with Crippen molar-refractivity contribution in [3.05, 3.63) is 77.3 Å². The zero-order valence-corrected chi connectivity index (χ0v) is 18.9. The molecule has 1 aromatic carbocycles. The van der Waals surface area contributed by atoms with Gasteiger partial charge in [0, 0.05) is 36.5 Å². The van der Waals surface area contributed by atoms with Crippen LogP contribution in [0.25, 0.3) is 27.9 Å². The number of pyridine rings is 1. The summed E-state index contributed by atoms with van der Waals surface area (Å²) in [5.74, 6) is 0. The summed E-state index contributed by atoms with van der Waals surface area (Å²) in [6.07, 6.45) is 11.9. The van der Waals surface area contributed by atoms with Crippen molar-refractivity contribution in [2.75, 3.05) is 0 Å². The largest absolute Gasteiger partial charge is 0.274 e. The van der Waals surface area contributed by atoms with Gasteiger partial charge in [-0.05, 0) is 31.0 Å². The van der Waals surface area contributed by atoms with Gasteiger partial charge >= 0.3 is 0 Å². The summed E-state index contributed by atoms with van der Waals surface area (Å²) in [6, 6.07) is 19.9. The number of hydrogen-bond acceptors (Lipinski definition) is 4. The highest BCUT2D eigenvalue weighted by Crippen LogP contribution is 2.33. The lowest BCUT2D eigenvalue weighted by Gasteiger charge is -2.08. The molecule has 0 unspecified atom stereocenters. The van der Waals surface area contributed by atoms with Crippen LogP contribution in [0.2, 0.25) is 0 Å². The Morgan fingerprint density at radius 1 is 0.848 bits per heavy atom. The fourth-order valence-electron chi connectivity index (χ4n) is 4.21. The van der Waals surface area contributed by atoms with Gasteiger partial charge in [0.15, 0.2) is 0 Å². The third-order valence-electron chi connectivity index (χ3n) is 5.93. The molecule has 0 spiro atoms. The van der Waals surface area contributed by atoms with Crippen molar-refractivity contribution in [3.63, 3.8) is 0 Å². The summed E-state index contributed by atoms with van der Waals surface area (Å²) < 4.78 is 3.42. The van der Waals surface area contributed by atoms with E-state index in [0.29, 0.717) is 18.5 Å². The second-order valence-electron chi connectivity index (χ2n) is 8.28. The first kappa shape index (κ1) is 22.5. The zero-order valence-electron chi connectivity index (χ0n) is 18.9. The molecule has 6 heteroatoms. The first-order valence-electron chi connectivity index (χ1n) is 11.8. The van der Waals surface area contributed by atoms with Gasteiger partial charge in [-0.25, -0.2) is 9.20 Å². The van der Waals surface area contributed by atoms with Gasteiger partial charge in [0.2, 0.25) is 0 Å². The molecule has 3 heterocycles. The molecule has 0 atom stereocenters. The molecule has 0 aliphatic heterocycles. The van der Waals surface area contributed by atoms with Crippen LogP contribution in [0.3, 0.4) is 0 Å². The fourth-order valence-corrected chi connectivity index (χ4v) is 4.21. The summed E-state index contributed by atoms with van der Waals surface area (Å²) in [7, 11) is 0. The summed E-state index contributed by atoms with van der Waals surface area (Å²) in [6.45, 7) is 0.612. The van der Waals surface area contributed by atoms with Gasteiger partial charge in [-0.1, -0.05) is 68.5 Å². The molecule has 0 N–H and O–H groups in total. The molecule has 0 aliphatic carbocycles. The Morgan fingerprint density at radius 2 is 1.58 bits per heavy atom. The average Bonchev–Trinajstić information content (AvgIpc) is 3.24. The van der Waals surface area contributed by atoms with E-state index in [1.165, 1.54) is 12.8 Å².